The number of nitrogens with zero attached hydrogens (tertiary/aromatic N) is 1. The van der Waals surface area contributed by atoms with E-state index in [-0.39, 0.29) is 0 Å². The predicted molar refractivity (Wildman–Crippen MR) is 58.5 cm³/mol. The van der Waals surface area contributed by atoms with Gasteiger partial charge < -0.3 is 9.84 Å². The molecular formula is C12H12N2O. The standard InChI is InChI=1S/C12H12N2O/c1-2-11-8-14-15-12(11)7-10(1)9-3-5-13-6-4-9/h1-3,5,7-9,13H,4,6H2. The summed E-state index contributed by atoms with van der Waals surface area (Å²) in [6, 6.07) is 6.31. The Kier molecular flexibility index (Phi) is 1.95. The molecule has 1 aromatic heterocycles. The molecule has 0 amide bonds. The molecule has 1 unspecified atom stereocenters. The van der Waals surface area contributed by atoms with Crippen LogP contribution in [-0.2, 0) is 0 Å². The summed E-state index contributed by atoms with van der Waals surface area (Å²) in [7, 11) is 0. The normalized spacial score (nSPS) is 20.4. The fraction of sp³-hybridized carbons (Fsp3) is 0.250. The second-order valence-corrected chi connectivity index (χ2v) is 3.83. The molecule has 0 radical (unpaired) electrons. The third kappa shape index (κ3) is 1.50. The Bertz CT molecular complexity index is 501. The van der Waals surface area contributed by atoms with Crippen molar-refractivity contribution in [3.8, 4) is 0 Å². The number of nitrogens with one attached hydrogen (secondary N) is 1. The highest BCUT2D eigenvalue weighted by Gasteiger charge is 2.11. The molecule has 0 aliphatic carbocycles. The lowest BCUT2D eigenvalue weighted by atomic mass is 9.94. The predicted octanol–water partition coefficient (Wildman–Crippen LogP) is 2.42. The molecule has 15 heavy (non-hydrogen) atoms. The van der Waals surface area contributed by atoms with Gasteiger partial charge in [0.05, 0.1) is 6.20 Å². The summed E-state index contributed by atoms with van der Waals surface area (Å²) in [6.45, 7) is 1.04. The molecule has 0 fully saturated rings. The Balaban J connectivity index is 2.02. The molecule has 2 heterocycles. The summed E-state index contributed by atoms with van der Waals surface area (Å²) < 4.78 is 5.16. The van der Waals surface area contributed by atoms with Gasteiger partial charge in [0.2, 0.25) is 0 Å². The second-order valence-electron chi connectivity index (χ2n) is 3.83. The summed E-state index contributed by atoms with van der Waals surface area (Å²) in [5, 5.41) is 8.05. The summed E-state index contributed by atoms with van der Waals surface area (Å²) in [6.07, 6.45) is 7.10. The highest BCUT2D eigenvalue weighted by Crippen LogP contribution is 2.26. The Labute approximate surface area is 87.8 Å². The molecule has 0 bridgehead atoms. The molecule has 0 saturated heterocycles. The van der Waals surface area contributed by atoms with Gasteiger partial charge in [0.1, 0.15) is 0 Å². The lowest BCUT2D eigenvalue weighted by molar-refractivity contribution is 0.456. The van der Waals surface area contributed by atoms with E-state index in [1.165, 1.54) is 5.56 Å². The van der Waals surface area contributed by atoms with Crippen LogP contribution >= 0.6 is 0 Å². The smallest absolute Gasteiger partial charge is 0.167 e. The van der Waals surface area contributed by atoms with Gasteiger partial charge in [0, 0.05) is 17.8 Å². The van der Waals surface area contributed by atoms with Crippen molar-refractivity contribution in [1.29, 1.82) is 0 Å². The first-order chi connectivity index (χ1) is 7.43. The monoisotopic (exact) mass is 200 g/mol. The van der Waals surface area contributed by atoms with Crippen LogP contribution in [0.5, 0.6) is 0 Å². The van der Waals surface area contributed by atoms with E-state index < -0.39 is 0 Å². The zero-order valence-corrected chi connectivity index (χ0v) is 8.31. The Morgan fingerprint density at radius 3 is 3.27 bits per heavy atom. The van der Waals surface area contributed by atoms with Gasteiger partial charge in [0.15, 0.2) is 5.58 Å². The minimum atomic E-state index is 0.501. The first-order valence-corrected chi connectivity index (χ1v) is 5.18. The molecule has 1 aliphatic rings. The van der Waals surface area contributed by atoms with E-state index in [0.29, 0.717) is 5.92 Å². The molecular weight excluding hydrogens is 188 g/mol. The zero-order valence-electron chi connectivity index (χ0n) is 8.31. The number of fused-ring (bicyclic) bond motifs is 1. The summed E-state index contributed by atoms with van der Waals surface area (Å²) >= 11 is 0. The van der Waals surface area contributed by atoms with Crippen LogP contribution < -0.4 is 5.32 Å². The number of rotatable bonds is 1. The van der Waals surface area contributed by atoms with Gasteiger partial charge in [-0.25, -0.2) is 0 Å². The van der Waals surface area contributed by atoms with Crippen molar-refractivity contribution in [3.05, 3.63) is 42.2 Å². The maximum Gasteiger partial charge on any atom is 0.167 e. The van der Waals surface area contributed by atoms with Gasteiger partial charge in [-0.05, 0) is 30.3 Å². The number of allylic oxidation sites excluding steroid dienone is 1. The third-order valence-electron chi connectivity index (χ3n) is 2.85. The average Bonchev–Trinajstić information content (AvgIpc) is 2.77. The molecule has 1 atom stereocenters. The van der Waals surface area contributed by atoms with Crippen LogP contribution in [0.3, 0.4) is 0 Å². The molecule has 1 N–H and O–H groups in total. The lowest BCUT2D eigenvalue weighted by Gasteiger charge is -2.17. The highest BCUT2D eigenvalue weighted by atomic mass is 16.5. The fourth-order valence-corrected chi connectivity index (χ4v) is 1.99. The van der Waals surface area contributed by atoms with Crippen LogP contribution in [-0.4, -0.2) is 11.7 Å². The van der Waals surface area contributed by atoms with Crippen LogP contribution in [0.25, 0.3) is 11.0 Å². The van der Waals surface area contributed by atoms with Crippen LogP contribution in [0, 0.1) is 0 Å². The maximum atomic E-state index is 5.16. The molecule has 3 rings (SSSR count). The Morgan fingerprint density at radius 2 is 2.40 bits per heavy atom. The van der Waals surface area contributed by atoms with E-state index in [2.05, 4.69) is 34.7 Å². The van der Waals surface area contributed by atoms with Gasteiger partial charge in [-0.3, -0.25) is 0 Å². The average molecular weight is 200 g/mol. The van der Waals surface area contributed by atoms with Crippen molar-refractivity contribution in [2.24, 2.45) is 0 Å². The number of hydrogen-bond acceptors (Lipinski definition) is 3. The Hall–Kier alpha value is -1.77. The van der Waals surface area contributed by atoms with E-state index in [1.807, 2.05) is 6.20 Å². The SMILES string of the molecule is C1=CC(c2ccc3cnoc3c2)CCN1. The minimum Gasteiger partial charge on any atom is -0.391 e. The van der Waals surface area contributed by atoms with E-state index >= 15 is 0 Å². The van der Waals surface area contributed by atoms with Crippen molar-refractivity contribution < 1.29 is 4.52 Å². The van der Waals surface area contributed by atoms with Crippen LogP contribution in [0.2, 0.25) is 0 Å². The summed E-state index contributed by atoms with van der Waals surface area (Å²) in [4.78, 5) is 0. The molecule has 76 valence electrons. The first kappa shape index (κ1) is 8.53. The van der Waals surface area contributed by atoms with Crippen molar-refractivity contribution >= 4 is 11.0 Å². The number of benzene rings is 1. The van der Waals surface area contributed by atoms with Crippen LogP contribution in [0.15, 0.2) is 41.2 Å². The van der Waals surface area contributed by atoms with Gasteiger partial charge in [-0.15, -0.1) is 0 Å². The molecule has 1 aliphatic heterocycles. The van der Waals surface area contributed by atoms with Crippen LogP contribution in [0.4, 0.5) is 0 Å². The first-order valence-electron chi connectivity index (χ1n) is 5.18. The molecule has 0 spiro atoms. The number of aromatic nitrogens is 1. The van der Waals surface area contributed by atoms with Crippen molar-refractivity contribution in [1.82, 2.24) is 10.5 Å². The van der Waals surface area contributed by atoms with E-state index in [0.717, 1.165) is 23.9 Å². The van der Waals surface area contributed by atoms with Crippen molar-refractivity contribution in [3.63, 3.8) is 0 Å². The fourth-order valence-electron chi connectivity index (χ4n) is 1.99. The van der Waals surface area contributed by atoms with Gasteiger partial charge in [0.25, 0.3) is 0 Å². The molecule has 1 aromatic carbocycles. The molecule has 3 nitrogen and oxygen atoms in total. The minimum absolute atomic E-state index is 0.501. The zero-order chi connectivity index (χ0) is 10.1. The second kappa shape index (κ2) is 3.42. The summed E-state index contributed by atoms with van der Waals surface area (Å²) in [5.74, 6) is 0.501. The highest BCUT2D eigenvalue weighted by molar-refractivity contribution is 5.76. The quantitative estimate of drug-likeness (QED) is 0.768. The van der Waals surface area contributed by atoms with Gasteiger partial charge >= 0.3 is 0 Å². The molecule has 2 aromatic rings. The molecule has 3 heteroatoms. The molecule has 0 saturated carbocycles. The summed E-state index contributed by atoms with van der Waals surface area (Å²) in [5.41, 5.74) is 2.18. The maximum absolute atomic E-state index is 5.16. The number of hydrogen-bond donors (Lipinski definition) is 1. The van der Waals surface area contributed by atoms with E-state index in [9.17, 15) is 0 Å². The van der Waals surface area contributed by atoms with Crippen molar-refractivity contribution in [2.45, 2.75) is 12.3 Å². The Morgan fingerprint density at radius 1 is 1.40 bits per heavy atom. The largest absolute Gasteiger partial charge is 0.391 e. The van der Waals surface area contributed by atoms with Gasteiger partial charge in [-0.2, -0.15) is 0 Å². The van der Waals surface area contributed by atoms with E-state index in [4.69, 9.17) is 4.52 Å². The van der Waals surface area contributed by atoms with Crippen molar-refractivity contribution in [2.75, 3.05) is 6.54 Å². The lowest BCUT2D eigenvalue weighted by Crippen LogP contribution is -2.15. The topological polar surface area (TPSA) is 38.1 Å². The van der Waals surface area contributed by atoms with E-state index in [1.54, 1.807) is 6.20 Å². The van der Waals surface area contributed by atoms with Crippen LogP contribution in [0.1, 0.15) is 17.9 Å². The van der Waals surface area contributed by atoms with Gasteiger partial charge in [-0.1, -0.05) is 17.3 Å². The third-order valence-corrected chi connectivity index (χ3v) is 2.85.